The summed E-state index contributed by atoms with van der Waals surface area (Å²) in [5.74, 6) is -0.0169. The molecule has 0 radical (unpaired) electrons. The minimum Gasteiger partial charge on any atom is -0.462 e. The molecule has 0 aliphatic heterocycles. The van der Waals surface area contributed by atoms with Gasteiger partial charge in [-0.3, -0.25) is 0 Å². The molecule has 0 fully saturated rings. The van der Waals surface area contributed by atoms with Crippen LogP contribution in [0.2, 0.25) is 0 Å². The standard InChI is InChI=1S/2C12H22O2/c1-5-7-8-11(6-2)9-14-12(13)10(3)4;1-4-5-6-7-8-9-10-14-12(13)11(2)3/h11H,3,5-9H2,1-2,4H3;2,4-10H2,1,3H3. The van der Waals surface area contributed by atoms with Gasteiger partial charge in [-0.2, -0.15) is 0 Å². The van der Waals surface area contributed by atoms with E-state index in [0.29, 0.717) is 30.3 Å². The number of carbonyl (C=O) groups excluding carboxylic acids is 2. The lowest BCUT2D eigenvalue weighted by Crippen LogP contribution is -2.14. The van der Waals surface area contributed by atoms with Crippen LogP contribution in [0.3, 0.4) is 0 Å². The first-order valence-electron chi connectivity index (χ1n) is 10.9. The van der Waals surface area contributed by atoms with Crippen molar-refractivity contribution in [1.29, 1.82) is 0 Å². The topological polar surface area (TPSA) is 52.6 Å². The zero-order valence-corrected chi connectivity index (χ0v) is 19.1. The summed E-state index contributed by atoms with van der Waals surface area (Å²) in [6.07, 6.45) is 11.9. The SMILES string of the molecule is C=C(C)C(=O)OCC(CC)CCCC.C=C(C)C(=O)OCCCCCCCC. The molecule has 28 heavy (non-hydrogen) atoms. The average Bonchev–Trinajstić information content (AvgIpc) is 2.67. The molecule has 164 valence electrons. The van der Waals surface area contributed by atoms with Crippen LogP contribution in [0.15, 0.2) is 24.3 Å². The molecule has 0 saturated heterocycles. The lowest BCUT2D eigenvalue weighted by atomic mass is 10.0. The van der Waals surface area contributed by atoms with E-state index in [1.165, 1.54) is 38.5 Å². The first-order chi connectivity index (χ1) is 13.3. The van der Waals surface area contributed by atoms with Crippen molar-refractivity contribution in [2.75, 3.05) is 13.2 Å². The fourth-order valence-electron chi connectivity index (χ4n) is 2.39. The third kappa shape index (κ3) is 19.2. The van der Waals surface area contributed by atoms with Gasteiger partial charge in [0.2, 0.25) is 0 Å². The van der Waals surface area contributed by atoms with E-state index >= 15 is 0 Å². The Balaban J connectivity index is 0. The minimum atomic E-state index is -0.265. The second-order valence-electron chi connectivity index (χ2n) is 7.48. The predicted octanol–water partition coefficient (Wildman–Crippen LogP) is 6.79. The van der Waals surface area contributed by atoms with E-state index in [9.17, 15) is 9.59 Å². The average molecular weight is 397 g/mol. The van der Waals surface area contributed by atoms with Gasteiger partial charge >= 0.3 is 11.9 Å². The molecule has 1 atom stereocenters. The van der Waals surface area contributed by atoms with Crippen molar-refractivity contribution in [1.82, 2.24) is 0 Å². The number of esters is 2. The maximum absolute atomic E-state index is 11.1. The van der Waals surface area contributed by atoms with E-state index < -0.39 is 0 Å². The highest BCUT2D eigenvalue weighted by molar-refractivity contribution is 5.87. The van der Waals surface area contributed by atoms with Gasteiger partial charge in [0.15, 0.2) is 0 Å². The molecule has 1 unspecified atom stereocenters. The Morgan fingerprint density at radius 1 is 0.750 bits per heavy atom. The van der Waals surface area contributed by atoms with Crippen molar-refractivity contribution in [2.45, 2.75) is 98.8 Å². The monoisotopic (exact) mass is 396 g/mol. The molecule has 0 bridgehead atoms. The number of hydrogen-bond donors (Lipinski definition) is 0. The van der Waals surface area contributed by atoms with Crippen LogP contribution in [-0.4, -0.2) is 25.2 Å². The van der Waals surface area contributed by atoms with E-state index in [1.54, 1.807) is 13.8 Å². The second kappa shape index (κ2) is 20.2. The van der Waals surface area contributed by atoms with Crippen LogP contribution < -0.4 is 0 Å². The Morgan fingerprint density at radius 2 is 1.25 bits per heavy atom. The Morgan fingerprint density at radius 3 is 1.75 bits per heavy atom. The highest BCUT2D eigenvalue weighted by Crippen LogP contribution is 2.13. The summed E-state index contributed by atoms with van der Waals surface area (Å²) in [4.78, 5) is 22.1. The molecule has 0 heterocycles. The summed E-state index contributed by atoms with van der Waals surface area (Å²) in [5, 5.41) is 0. The molecule has 4 nitrogen and oxygen atoms in total. The highest BCUT2D eigenvalue weighted by atomic mass is 16.5. The van der Waals surface area contributed by atoms with Crippen LogP contribution >= 0.6 is 0 Å². The van der Waals surface area contributed by atoms with Crippen LogP contribution in [0.4, 0.5) is 0 Å². The Kier molecular flexibility index (Phi) is 20.6. The molecule has 0 N–H and O–H groups in total. The Labute approximate surface area is 173 Å². The van der Waals surface area contributed by atoms with Crippen molar-refractivity contribution < 1.29 is 19.1 Å². The molecular weight excluding hydrogens is 352 g/mol. The van der Waals surface area contributed by atoms with E-state index in [4.69, 9.17) is 9.47 Å². The van der Waals surface area contributed by atoms with Gasteiger partial charge in [-0.25, -0.2) is 9.59 Å². The lowest BCUT2D eigenvalue weighted by molar-refractivity contribution is -0.140. The quantitative estimate of drug-likeness (QED) is 0.174. The van der Waals surface area contributed by atoms with Crippen molar-refractivity contribution >= 4 is 11.9 Å². The van der Waals surface area contributed by atoms with Gasteiger partial charge in [0, 0.05) is 11.1 Å². The van der Waals surface area contributed by atoms with Crippen LogP contribution in [0.25, 0.3) is 0 Å². The zero-order valence-electron chi connectivity index (χ0n) is 19.1. The van der Waals surface area contributed by atoms with Crippen LogP contribution in [0, 0.1) is 5.92 Å². The van der Waals surface area contributed by atoms with Gasteiger partial charge in [-0.1, -0.05) is 85.3 Å². The molecule has 0 rings (SSSR count). The minimum absolute atomic E-state index is 0.264. The maximum atomic E-state index is 11.1. The van der Waals surface area contributed by atoms with Gasteiger partial charge in [-0.15, -0.1) is 0 Å². The predicted molar refractivity (Wildman–Crippen MR) is 118 cm³/mol. The van der Waals surface area contributed by atoms with Crippen molar-refractivity contribution in [2.24, 2.45) is 5.92 Å². The van der Waals surface area contributed by atoms with E-state index in [2.05, 4.69) is 33.9 Å². The third-order valence-electron chi connectivity index (χ3n) is 4.42. The smallest absolute Gasteiger partial charge is 0.333 e. The van der Waals surface area contributed by atoms with Crippen LogP contribution in [0.1, 0.15) is 98.8 Å². The van der Waals surface area contributed by atoms with Crippen LogP contribution in [0.5, 0.6) is 0 Å². The summed E-state index contributed by atoms with van der Waals surface area (Å²) >= 11 is 0. The summed E-state index contributed by atoms with van der Waals surface area (Å²) in [5.41, 5.74) is 0.964. The molecule has 0 aromatic rings. The fraction of sp³-hybridized carbons (Fsp3) is 0.750. The number of hydrogen-bond acceptors (Lipinski definition) is 4. The summed E-state index contributed by atoms with van der Waals surface area (Å²) in [6.45, 7) is 18.0. The maximum Gasteiger partial charge on any atom is 0.333 e. The second-order valence-corrected chi connectivity index (χ2v) is 7.48. The van der Waals surface area contributed by atoms with Crippen molar-refractivity contribution in [3.05, 3.63) is 24.3 Å². The molecule has 0 amide bonds. The lowest BCUT2D eigenvalue weighted by Gasteiger charge is -2.14. The Hall–Kier alpha value is -1.58. The summed E-state index contributed by atoms with van der Waals surface area (Å²) in [7, 11) is 0. The largest absolute Gasteiger partial charge is 0.462 e. The van der Waals surface area contributed by atoms with Gasteiger partial charge in [0.25, 0.3) is 0 Å². The number of ether oxygens (including phenoxy) is 2. The third-order valence-corrected chi connectivity index (χ3v) is 4.42. The first-order valence-corrected chi connectivity index (χ1v) is 10.9. The number of unbranched alkanes of at least 4 members (excludes halogenated alkanes) is 6. The molecule has 4 heteroatoms. The molecule has 0 spiro atoms. The van der Waals surface area contributed by atoms with E-state index in [0.717, 1.165) is 25.7 Å². The van der Waals surface area contributed by atoms with Crippen molar-refractivity contribution in [3.8, 4) is 0 Å². The fourth-order valence-corrected chi connectivity index (χ4v) is 2.39. The molecule has 0 aromatic heterocycles. The Bertz CT molecular complexity index is 440. The zero-order chi connectivity index (χ0) is 21.8. The summed E-state index contributed by atoms with van der Waals surface area (Å²) in [6, 6.07) is 0. The molecule has 0 saturated carbocycles. The molecular formula is C24H44O4. The molecule has 0 aliphatic carbocycles. The van der Waals surface area contributed by atoms with Gasteiger partial charge < -0.3 is 9.47 Å². The highest BCUT2D eigenvalue weighted by Gasteiger charge is 2.09. The normalized spacial score (nSPS) is 11.0. The number of carbonyl (C=O) groups is 2. The van der Waals surface area contributed by atoms with E-state index in [1.807, 2.05) is 0 Å². The molecule has 0 aliphatic rings. The van der Waals surface area contributed by atoms with Gasteiger partial charge in [0.05, 0.1) is 13.2 Å². The van der Waals surface area contributed by atoms with E-state index in [-0.39, 0.29) is 11.9 Å². The molecule has 0 aromatic carbocycles. The van der Waals surface area contributed by atoms with Crippen molar-refractivity contribution in [3.63, 3.8) is 0 Å². The van der Waals surface area contributed by atoms with Crippen LogP contribution in [-0.2, 0) is 19.1 Å². The number of rotatable bonds is 15. The van der Waals surface area contributed by atoms with Gasteiger partial charge in [0.1, 0.15) is 0 Å². The summed E-state index contributed by atoms with van der Waals surface area (Å²) < 4.78 is 10.1. The first kappa shape index (κ1) is 28.6. The van der Waals surface area contributed by atoms with Gasteiger partial charge in [-0.05, 0) is 32.6 Å².